The molecule has 21 heavy (non-hydrogen) atoms. The lowest BCUT2D eigenvalue weighted by atomic mass is 10.1. The lowest BCUT2D eigenvalue weighted by molar-refractivity contribution is -0.145. The highest BCUT2D eigenvalue weighted by Gasteiger charge is 2.34. The van der Waals surface area contributed by atoms with Crippen molar-refractivity contribution in [2.75, 3.05) is 0 Å². The second-order valence-corrected chi connectivity index (χ2v) is 3.94. The van der Waals surface area contributed by atoms with Gasteiger partial charge in [0.1, 0.15) is 11.8 Å². The number of aromatic nitrogens is 2. The molecule has 1 aromatic carbocycles. The Labute approximate surface area is 117 Å². The fourth-order valence-corrected chi connectivity index (χ4v) is 1.49. The van der Waals surface area contributed by atoms with Gasteiger partial charge in [-0.1, -0.05) is 6.07 Å². The van der Waals surface area contributed by atoms with Gasteiger partial charge in [0.2, 0.25) is 5.82 Å². The topological polar surface area (TPSA) is 79.0 Å². The van der Waals surface area contributed by atoms with Crippen LogP contribution in [0.2, 0.25) is 0 Å². The predicted molar refractivity (Wildman–Crippen MR) is 64.2 cm³/mol. The minimum atomic E-state index is -4.63. The highest BCUT2D eigenvalue weighted by Crippen LogP contribution is 2.28. The third-order valence-electron chi connectivity index (χ3n) is 2.46. The minimum absolute atomic E-state index is 0.0313. The number of rotatable bonds is 3. The van der Waals surface area contributed by atoms with Gasteiger partial charge in [0.25, 0.3) is 0 Å². The van der Waals surface area contributed by atoms with Crippen molar-refractivity contribution in [3.63, 3.8) is 0 Å². The van der Waals surface area contributed by atoms with Crippen molar-refractivity contribution in [3.8, 4) is 17.6 Å². The number of alkyl halides is 3. The number of ether oxygens (including phenoxy) is 1. The van der Waals surface area contributed by atoms with Crippen molar-refractivity contribution in [1.29, 1.82) is 5.26 Å². The van der Waals surface area contributed by atoms with Gasteiger partial charge in [0.05, 0.1) is 24.6 Å². The van der Waals surface area contributed by atoms with E-state index in [1.165, 1.54) is 18.2 Å². The first-order valence-corrected chi connectivity index (χ1v) is 5.65. The first-order chi connectivity index (χ1) is 9.94. The van der Waals surface area contributed by atoms with Crippen LogP contribution >= 0.6 is 0 Å². The highest BCUT2D eigenvalue weighted by atomic mass is 19.4. The molecule has 0 aliphatic rings. The molecule has 0 saturated heterocycles. The zero-order chi connectivity index (χ0) is 15.5. The smallest absolute Gasteiger partial charge is 0.451 e. The van der Waals surface area contributed by atoms with Crippen LogP contribution in [-0.4, -0.2) is 15.1 Å². The van der Waals surface area contributed by atoms with Gasteiger partial charge in [0.15, 0.2) is 5.75 Å². The van der Waals surface area contributed by atoms with Crippen LogP contribution < -0.4 is 4.74 Å². The van der Waals surface area contributed by atoms with Gasteiger partial charge in [-0.2, -0.15) is 18.4 Å². The molecule has 0 aliphatic heterocycles. The second kappa shape index (κ2) is 5.76. The molecule has 0 bridgehead atoms. The van der Waals surface area contributed by atoms with Gasteiger partial charge in [-0.15, -0.1) is 0 Å². The van der Waals surface area contributed by atoms with E-state index in [9.17, 15) is 13.2 Å². The summed E-state index contributed by atoms with van der Waals surface area (Å²) in [7, 11) is 0. The third-order valence-corrected chi connectivity index (χ3v) is 2.46. The van der Waals surface area contributed by atoms with E-state index in [0.29, 0.717) is 5.56 Å². The number of benzene rings is 1. The molecule has 108 valence electrons. The molecule has 0 spiro atoms. The molecule has 2 rings (SSSR count). The van der Waals surface area contributed by atoms with Crippen LogP contribution in [0.5, 0.6) is 11.5 Å². The molecule has 1 aromatic heterocycles. The fourth-order valence-electron chi connectivity index (χ4n) is 1.49. The van der Waals surface area contributed by atoms with Crippen LogP contribution in [0.15, 0.2) is 30.6 Å². The van der Waals surface area contributed by atoms with Crippen molar-refractivity contribution >= 4 is 0 Å². The van der Waals surface area contributed by atoms with Gasteiger partial charge in [0, 0.05) is 0 Å². The van der Waals surface area contributed by atoms with E-state index in [0.717, 1.165) is 12.4 Å². The standard InChI is InChI=1S/C13H8F3N3O2/c14-13(15,16)12-18-5-10(6-19-12)21-11-2-1-8(7-20)3-9(11)4-17/h1-3,5-6,20H,7H2. The first kappa shape index (κ1) is 14.7. The summed E-state index contributed by atoms with van der Waals surface area (Å²) >= 11 is 0. The number of aliphatic hydroxyl groups excluding tert-OH is 1. The number of nitriles is 1. The molecule has 2 aromatic rings. The Bertz CT molecular complexity index is 679. The average molecular weight is 295 g/mol. The normalized spacial score (nSPS) is 11.0. The largest absolute Gasteiger partial charge is 0.453 e. The van der Waals surface area contributed by atoms with Crippen molar-refractivity contribution in [1.82, 2.24) is 9.97 Å². The Hall–Kier alpha value is -2.66. The molecule has 1 N–H and O–H groups in total. The summed E-state index contributed by atoms with van der Waals surface area (Å²) in [6.45, 7) is -0.238. The maximum absolute atomic E-state index is 12.3. The van der Waals surface area contributed by atoms with E-state index in [2.05, 4.69) is 9.97 Å². The van der Waals surface area contributed by atoms with Crippen LogP contribution in [0, 0.1) is 11.3 Å². The van der Waals surface area contributed by atoms with Gasteiger partial charge >= 0.3 is 6.18 Å². The molecule has 8 heteroatoms. The lowest BCUT2D eigenvalue weighted by Crippen LogP contribution is -2.10. The average Bonchev–Trinajstić information content (AvgIpc) is 2.47. The van der Waals surface area contributed by atoms with Crippen molar-refractivity contribution in [3.05, 3.63) is 47.5 Å². The first-order valence-electron chi connectivity index (χ1n) is 5.65. The monoisotopic (exact) mass is 295 g/mol. The van der Waals surface area contributed by atoms with Crippen LogP contribution in [0.1, 0.15) is 17.0 Å². The number of aliphatic hydroxyl groups is 1. The van der Waals surface area contributed by atoms with Gasteiger partial charge in [-0.05, 0) is 17.7 Å². The summed E-state index contributed by atoms with van der Waals surface area (Å²) in [6, 6.07) is 6.25. The summed E-state index contributed by atoms with van der Waals surface area (Å²) in [5.41, 5.74) is 0.656. The molecule has 5 nitrogen and oxygen atoms in total. The summed E-state index contributed by atoms with van der Waals surface area (Å²) in [4.78, 5) is 6.30. The summed E-state index contributed by atoms with van der Waals surface area (Å²) in [5.74, 6) is -1.17. The van der Waals surface area contributed by atoms with E-state index in [1.54, 1.807) is 0 Å². The number of halogens is 3. The van der Waals surface area contributed by atoms with E-state index in [1.807, 2.05) is 6.07 Å². The van der Waals surface area contributed by atoms with Crippen molar-refractivity contribution in [2.24, 2.45) is 0 Å². The van der Waals surface area contributed by atoms with E-state index < -0.39 is 12.0 Å². The number of hydrogen-bond donors (Lipinski definition) is 1. The van der Waals surface area contributed by atoms with Crippen molar-refractivity contribution < 1.29 is 23.0 Å². The molecule has 0 amide bonds. The zero-order valence-corrected chi connectivity index (χ0v) is 10.4. The molecule has 1 heterocycles. The fraction of sp³-hybridized carbons (Fsp3) is 0.154. The van der Waals surface area contributed by atoms with Gasteiger partial charge in [-0.25, -0.2) is 9.97 Å². The number of hydrogen-bond acceptors (Lipinski definition) is 5. The van der Waals surface area contributed by atoms with Gasteiger partial charge in [-0.3, -0.25) is 0 Å². The van der Waals surface area contributed by atoms with E-state index in [-0.39, 0.29) is 23.7 Å². The lowest BCUT2D eigenvalue weighted by Gasteiger charge is -2.09. The quantitative estimate of drug-likeness (QED) is 0.941. The molecular formula is C13H8F3N3O2. The maximum atomic E-state index is 12.3. The minimum Gasteiger partial charge on any atom is -0.453 e. The molecule has 0 unspecified atom stereocenters. The Morgan fingerprint density at radius 3 is 2.43 bits per heavy atom. The third kappa shape index (κ3) is 3.46. The second-order valence-electron chi connectivity index (χ2n) is 3.94. The Kier molecular flexibility index (Phi) is 4.05. The molecular weight excluding hydrogens is 287 g/mol. The van der Waals surface area contributed by atoms with Crippen LogP contribution in [-0.2, 0) is 12.8 Å². The molecule has 0 aliphatic carbocycles. The zero-order valence-electron chi connectivity index (χ0n) is 10.4. The predicted octanol–water partition coefficient (Wildman–Crippen LogP) is 2.65. The van der Waals surface area contributed by atoms with Crippen LogP contribution in [0.4, 0.5) is 13.2 Å². The summed E-state index contributed by atoms with van der Waals surface area (Å²) in [6.07, 6.45) is -2.88. The van der Waals surface area contributed by atoms with Crippen LogP contribution in [0.3, 0.4) is 0 Å². The Morgan fingerprint density at radius 1 is 1.24 bits per heavy atom. The van der Waals surface area contributed by atoms with E-state index in [4.69, 9.17) is 15.1 Å². The molecule has 0 fully saturated rings. The highest BCUT2D eigenvalue weighted by molar-refractivity contribution is 5.46. The maximum Gasteiger partial charge on any atom is 0.451 e. The summed E-state index contributed by atoms with van der Waals surface area (Å²) in [5, 5.41) is 17.9. The summed E-state index contributed by atoms with van der Waals surface area (Å²) < 4.78 is 42.2. The Balaban J connectivity index is 2.25. The number of nitrogens with zero attached hydrogens (tertiary/aromatic N) is 3. The Morgan fingerprint density at radius 2 is 1.90 bits per heavy atom. The van der Waals surface area contributed by atoms with Crippen LogP contribution in [0.25, 0.3) is 0 Å². The van der Waals surface area contributed by atoms with Crippen molar-refractivity contribution in [2.45, 2.75) is 12.8 Å². The SMILES string of the molecule is N#Cc1cc(CO)ccc1Oc1cnc(C(F)(F)F)nc1. The molecule has 0 saturated carbocycles. The van der Waals surface area contributed by atoms with E-state index >= 15 is 0 Å². The van der Waals surface area contributed by atoms with Gasteiger partial charge < -0.3 is 9.84 Å². The molecule has 0 radical (unpaired) electrons. The molecule has 0 atom stereocenters.